The number of nitrogens with zero attached hydrogens (tertiary/aromatic N) is 4. The van der Waals surface area contributed by atoms with E-state index in [1.165, 1.54) is 0 Å². The van der Waals surface area contributed by atoms with Crippen LogP contribution in [-0.2, 0) is 22.6 Å². The number of aromatic nitrogens is 4. The van der Waals surface area contributed by atoms with E-state index in [1.54, 1.807) is 21.8 Å². The van der Waals surface area contributed by atoms with E-state index in [0.29, 0.717) is 0 Å². The first-order valence-corrected chi connectivity index (χ1v) is 8.61. The first-order valence-electron chi connectivity index (χ1n) is 8.61. The zero-order valence-corrected chi connectivity index (χ0v) is 14.6. The molecule has 27 heavy (non-hydrogen) atoms. The number of esters is 1. The van der Waals surface area contributed by atoms with Crippen LogP contribution in [0.1, 0.15) is 11.1 Å². The largest absolute Gasteiger partial charge is 0.461 e. The van der Waals surface area contributed by atoms with Crippen LogP contribution in [0.5, 0.6) is 0 Å². The van der Waals surface area contributed by atoms with E-state index in [-0.39, 0.29) is 19.0 Å². The van der Waals surface area contributed by atoms with Crippen molar-refractivity contribution in [2.24, 2.45) is 0 Å². The van der Waals surface area contributed by atoms with Gasteiger partial charge in [-0.25, -0.2) is 9.36 Å². The molecule has 6 heteroatoms. The average molecular weight is 358 g/mol. The maximum atomic E-state index is 12.1. The van der Waals surface area contributed by atoms with Crippen LogP contribution in [0.15, 0.2) is 85.5 Å². The molecule has 2 heterocycles. The second kappa shape index (κ2) is 7.70. The fraction of sp³-hybridized carbons (Fsp3) is 0.0952. The summed E-state index contributed by atoms with van der Waals surface area (Å²) in [6.07, 6.45) is 7.33. The fourth-order valence-electron chi connectivity index (χ4n) is 2.72. The van der Waals surface area contributed by atoms with Gasteiger partial charge in [-0.3, -0.25) is 4.79 Å². The van der Waals surface area contributed by atoms with E-state index < -0.39 is 0 Å². The highest BCUT2D eigenvalue weighted by molar-refractivity contribution is 5.72. The van der Waals surface area contributed by atoms with Crippen molar-refractivity contribution in [2.45, 2.75) is 13.0 Å². The molecule has 4 aromatic rings. The van der Waals surface area contributed by atoms with Crippen molar-refractivity contribution in [2.75, 3.05) is 0 Å². The molecule has 0 aliphatic heterocycles. The third kappa shape index (κ3) is 4.12. The monoisotopic (exact) mass is 358 g/mol. The molecule has 2 aromatic heterocycles. The molecule has 6 nitrogen and oxygen atoms in total. The normalized spacial score (nSPS) is 10.7. The van der Waals surface area contributed by atoms with Crippen LogP contribution in [0, 0.1) is 0 Å². The van der Waals surface area contributed by atoms with Crippen LogP contribution in [0.3, 0.4) is 0 Å². The van der Waals surface area contributed by atoms with Crippen LogP contribution in [-0.4, -0.2) is 25.5 Å². The zero-order chi connectivity index (χ0) is 18.5. The van der Waals surface area contributed by atoms with Crippen molar-refractivity contribution < 1.29 is 9.53 Å². The summed E-state index contributed by atoms with van der Waals surface area (Å²) in [7, 11) is 0. The van der Waals surface area contributed by atoms with Crippen molar-refractivity contribution in [3.8, 4) is 11.4 Å². The van der Waals surface area contributed by atoms with Gasteiger partial charge in [0.1, 0.15) is 6.61 Å². The predicted molar refractivity (Wildman–Crippen MR) is 101 cm³/mol. The second-order valence-corrected chi connectivity index (χ2v) is 6.08. The van der Waals surface area contributed by atoms with Gasteiger partial charge in [0.15, 0.2) is 0 Å². The molecule has 0 aliphatic rings. The Morgan fingerprint density at radius 2 is 1.63 bits per heavy atom. The zero-order valence-electron chi connectivity index (χ0n) is 14.6. The van der Waals surface area contributed by atoms with Gasteiger partial charge in [0.2, 0.25) is 0 Å². The van der Waals surface area contributed by atoms with Gasteiger partial charge in [-0.1, -0.05) is 30.3 Å². The number of carbonyl (C=O) groups is 1. The highest BCUT2D eigenvalue weighted by atomic mass is 16.5. The Morgan fingerprint density at radius 1 is 0.852 bits per heavy atom. The summed E-state index contributed by atoms with van der Waals surface area (Å²) in [4.78, 5) is 12.1. The first-order chi connectivity index (χ1) is 13.3. The molecule has 0 saturated carbocycles. The lowest BCUT2D eigenvalue weighted by molar-refractivity contribution is -0.144. The van der Waals surface area contributed by atoms with Crippen molar-refractivity contribution in [1.29, 1.82) is 0 Å². The molecule has 0 fully saturated rings. The highest BCUT2D eigenvalue weighted by Gasteiger charge is 2.08. The summed E-state index contributed by atoms with van der Waals surface area (Å²) >= 11 is 0. The fourth-order valence-corrected chi connectivity index (χ4v) is 2.72. The van der Waals surface area contributed by atoms with E-state index in [2.05, 4.69) is 10.2 Å². The Hall–Kier alpha value is -3.67. The summed E-state index contributed by atoms with van der Waals surface area (Å²) in [5.74, 6) is -0.279. The molecule has 0 atom stereocenters. The number of benzene rings is 2. The molecule has 0 aliphatic carbocycles. The van der Waals surface area contributed by atoms with E-state index in [1.807, 2.05) is 73.1 Å². The Balaban J connectivity index is 1.32. The summed E-state index contributed by atoms with van der Waals surface area (Å²) in [6.45, 7) is 0.241. The predicted octanol–water partition coefficient (Wildman–Crippen LogP) is 3.34. The van der Waals surface area contributed by atoms with Crippen LogP contribution in [0.4, 0.5) is 0 Å². The van der Waals surface area contributed by atoms with Crippen molar-refractivity contribution in [3.05, 3.63) is 96.6 Å². The molecule has 4 rings (SSSR count). The Bertz CT molecular complexity index is 1010. The van der Waals surface area contributed by atoms with Crippen LogP contribution in [0.2, 0.25) is 0 Å². The number of ether oxygens (including phenoxy) is 1. The van der Waals surface area contributed by atoms with Gasteiger partial charge in [-0.15, -0.1) is 0 Å². The van der Waals surface area contributed by atoms with Crippen molar-refractivity contribution >= 4 is 5.97 Å². The lowest BCUT2D eigenvalue weighted by Crippen LogP contribution is -2.07. The second-order valence-electron chi connectivity index (χ2n) is 6.08. The van der Waals surface area contributed by atoms with E-state index >= 15 is 0 Å². The molecule has 0 spiro atoms. The standard InChI is InChI=1S/C21H18N4O2/c26-21(13-18-14-23-25(15-18)19-5-2-1-3-6-19)27-16-17-7-9-20(10-8-17)24-12-4-11-22-24/h1-12,14-15H,13,16H2. The van der Waals surface area contributed by atoms with Gasteiger partial charge in [0.05, 0.1) is 24.0 Å². The van der Waals surface area contributed by atoms with E-state index in [0.717, 1.165) is 22.5 Å². The third-order valence-electron chi connectivity index (χ3n) is 4.11. The quantitative estimate of drug-likeness (QED) is 0.496. The molecule has 2 aromatic carbocycles. The number of hydrogen-bond acceptors (Lipinski definition) is 4. The van der Waals surface area contributed by atoms with Gasteiger partial charge < -0.3 is 4.74 Å². The molecule has 0 bridgehead atoms. The van der Waals surface area contributed by atoms with Gasteiger partial charge in [0, 0.05) is 24.2 Å². The van der Waals surface area contributed by atoms with Gasteiger partial charge in [0.25, 0.3) is 0 Å². The van der Waals surface area contributed by atoms with Crippen molar-refractivity contribution in [3.63, 3.8) is 0 Å². The van der Waals surface area contributed by atoms with Crippen LogP contribution < -0.4 is 0 Å². The maximum Gasteiger partial charge on any atom is 0.310 e. The average Bonchev–Trinajstić information content (AvgIpc) is 3.40. The summed E-state index contributed by atoms with van der Waals surface area (Å²) in [5, 5.41) is 8.48. The van der Waals surface area contributed by atoms with Crippen molar-refractivity contribution in [1.82, 2.24) is 19.6 Å². The summed E-state index contributed by atoms with van der Waals surface area (Å²) in [5.41, 5.74) is 3.66. The SMILES string of the molecule is O=C(Cc1cnn(-c2ccccc2)c1)OCc1ccc(-n2cccn2)cc1. The number of rotatable bonds is 6. The maximum absolute atomic E-state index is 12.1. The van der Waals surface area contributed by atoms with Gasteiger partial charge in [-0.2, -0.15) is 10.2 Å². The highest BCUT2D eigenvalue weighted by Crippen LogP contribution is 2.11. The van der Waals surface area contributed by atoms with Crippen LogP contribution >= 0.6 is 0 Å². The summed E-state index contributed by atoms with van der Waals surface area (Å²) < 4.78 is 8.90. The topological polar surface area (TPSA) is 61.9 Å². The minimum Gasteiger partial charge on any atom is -0.461 e. The molecule has 0 radical (unpaired) electrons. The Morgan fingerprint density at radius 3 is 2.37 bits per heavy atom. The van der Waals surface area contributed by atoms with E-state index in [9.17, 15) is 4.79 Å². The first kappa shape index (κ1) is 16.8. The molecule has 0 amide bonds. The molecule has 134 valence electrons. The Kier molecular flexibility index (Phi) is 4.78. The van der Waals surface area contributed by atoms with E-state index in [4.69, 9.17) is 4.74 Å². The number of hydrogen-bond donors (Lipinski definition) is 0. The lowest BCUT2D eigenvalue weighted by atomic mass is 10.2. The molecule has 0 unspecified atom stereocenters. The number of carbonyl (C=O) groups excluding carboxylic acids is 1. The van der Waals surface area contributed by atoms with Crippen LogP contribution in [0.25, 0.3) is 11.4 Å². The van der Waals surface area contributed by atoms with Gasteiger partial charge >= 0.3 is 5.97 Å². The van der Waals surface area contributed by atoms with Gasteiger partial charge in [-0.05, 0) is 35.9 Å². The Labute approximate surface area is 156 Å². The molecule has 0 saturated heterocycles. The minimum absolute atomic E-state index is 0.193. The molecular weight excluding hydrogens is 340 g/mol. The minimum atomic E-state index is -0.279. The smallest absolute Gasteiger partial charge is 0.310 e. The number of para-hydroxylation sites is 1. The molecule has 0 N–H and O–H groups in total. The third-order valence-corrected chi connectivity index (χ3v) is 4.11. The lowest BCUT2D eigenvalue weighted by Gasteiger charge is -2.06. The molecular formula is C21H18N4O2. The summed E-state index contributed by atoms with van der Waals surface area (Å²) in [6, 6.07) is 19.4.